The highest BCUT2D eigenvalue weighted by molar-refractivity contribution is 7.19. The smallest absolute Gasteiger partial charge is 0.290 e. The quantitative estimate of drug-likeness (QED) is 0.284. The van der Waals surface area contributed by atoms with E-state index in [0.29, 0.717) is 30.0 Å². The zero-order valence-electron chi connectivity index (χ0n) is 25.0. The lowest BCUT2D eigenvalue weighted by Gasteiger charge is -2.37. The minimum Gasteiger partial charge on any atom is -0.483 e. The summed E-state index contributed by atoms with van der Waals surface area (Å²) >= 11 is 1.64. The molecule has 44 heavy (non-hydrogen) atoms. The predicted molar refractivity (Wildman–Crippen MR) is 170 cm³/mol. The number of thiophene rings is 1. The van der Waals surface area contributed by atoms with E-state index in [1.807, 2.05) is 12.3 Å². The van der Waals surface area contributed by atoms with Gasteiger partial charge < -0.3 is 20.4 Å². The van der Waals surface area contributed by atoms with Crippen LogP contribution < -0.4 is 15.8 Å². The van der Waals surface area contributed by atoms with Crippen molar-refractivity contribution < 1.29 is 15.0 Å². The van der Waals surface area contributed by atoms with E-state index in [1.165, 1.54) is 15.9 Å². The molecule has 3 N–H and O–H groups in total. The van der Waals surface area contributed by atoms with Crippen LogP contribution >= 0.6 is 11.3 Å². The first-order chi connectivity index (χ1) is 21.1. The topological polar surface area (TPSA) is 144 Å². The summed E-state index contributed by atoms with van der Waals surface area (Å²) in [6.45, 7) is 8.34. The number of anilines is 1. The van der Waals surface area contributed by atoms with Crippen LogP contribution in [0.3, 0.4) is 0 Å². The van der Waals surface area contributed by atoms with Crippen molar-refractivity contribution in [1.29, 1.82) is 5.26 Å². The van der Waals surface area contributed by atoms with Crippen LogP contribution in [0, 0.1) is 17.2 Å². The molecule has 3 aliphatic rings. The minimum absolute atomic E-state index is 0.111. The van der Waals surface area contributed by atoms with Crippen molar-refractivity contribution >= 4 is 33.7 Å². The van der Waals surface area contributed by atoms with Gasteiger partial charge in [0.15, 0.2) is 0 Å². The molecular formula is C33H36N6O4S. The number of nitrogens with zero attached hydrogens (tertiary/aromatic N) is 5. The van der Waals surface area contributed by atoms with Crippen LogP contribution in [0.15, 0.2) is 47.5 Å². The van der Waals surface area contributed by atoms with Crippen molar-refractivity contribution in [2.75, 3.05) is 24.6 Å². The number of pyridine rings is 1. The molecule has 11 heteroatoms. The molecule has 2 fully saturated rings. The highest BCUT2D eigenvalue weighted by Crippen LogP contribution is 2.58. The van der Waals surface area contributed by atoms with Gasteiger partial charge in [-0.25, -0.2) is 4.68 Å². The molecule has 4 atom stereocenters. The molecule has 1 saturated carbocycles. The largest absolute Gasteiger partial charge is 0.483 e. The van der Waals surface area contributed by atoms with E-state index in [0.717, 1.165) is 57.7 Å². The number of hydrogen-bond acceptors (Lipinski definition) is 9. The SMILES string of the molecule is CC(C)(C)c1cnn(Cc2cc3nccc(-c4cc(C#N)cc5c4N([C@H]4CN[C@@H](CO)C4)C[C@H]4C[C@@H]54)c3s2)c(=O)c1.O=CO. The van der Waals surface area contributed by atoms with Crippen LogP contribution in [-0.4, -0.2) is 63.2 Å². The third-order valence-corrected chi connectivity index (χ3v) is 10.1. The average Bonchev–Trinajstić information content (AvgIpc) is 3.43. The molecule has 0 radical (unpaired) electrons. The molecular weight excluding hydrogens is 576 g/mol. The van der Waals surface area contributed by atoms with Crippen LogP contribution in [0.5, 0.6) is 0 Å². The summed E-state index contributed by atoms with van der Waals surface area (Å²) in [7, 11) is 0. The van der Waals surface area contributed by atoms with E-state index in [4.69, 9.17) is 9.90 Å². The summed E-state index contributed by atoms with van der Waals surface area (Å²) in [4.78, 5) is 29.5. The minimum atomic E-state index is -0.250. The van der Waals surface area contributed by atoms with Crippen molar-refractivity contribution in [3.05, 3.63) is 74.6 Å². The Hall–Kier alpha value is -4.11. The number of hydrogen-bond donors (Lipinski definition) is 3. The number of aromatic nitrogens is 3. The molecule has 7 rings (SSSR count). The number of rotatable bonds is 5. The number of aliphatic hydroxyl groups excluding tert-OH is 1. The summed E-state index contributed by atoms with van der Waals surface area (Å²) in [6, 6.07) is 12.7. The zero-order valence-corrected chi connectivity index (χ0v) is 25.8. The molecule has 0 spiro atoms. The van der Waals surface area contributed by atoms with Crippen molar-refractivity contribution in [1.82, 2.24) is 20.1 Å². The molecule has 1 saturated heterocycles. The Bertz CT molecular complexity index is 1820. The Kier molecular flexibility index (Phi) is 8.01. The second-order valence-corrected chi connectivity index (χ2v) is 14.0. The lowest BCUT2D eigenvalue weighted by molar-refractivity contribution is -0.122. The Balaban J connectivity index is 0.00000110. The van der Waals surface area contributed by atoms with Crippen LogP contribution in [0.2, 0.25) is 0 Å². The monoisotopic (exact) mass is 612 g/mol. The van der Waals surface area contributed by atoms with Gasteiger partial charge in [-0.2, -0.15) is 10.4 Å². The highest BCUT2D eigenvalue weighted by Gasteiger charge is 2.48. The number of carbonyl (C=O) groups is 1. The molecule has 0 unspecified atom stereocenters. The fourth-order valence-corrected chi connectivity index (χ4v) is 7.72. The molecule has 2 aliphatic heterocycles. The summed E-state index contributed by atoms with van der Waals surface area (Å²) in [6.07, 6.45) is 5.69. The number of benzene rings is 1. The third-order valence-electron chi connectivity index (χ3n) is 8.96. The van der Waals surface area contributed by atoms with Gasteiger partial charge in [0.2, 0.25) is 0 Å². The summed E-state index contributed by atoms with van der Waals surface area (Å²) in [5.41, 5.74) is 6.88. The van der Waals surface area contributed by atoms with Gasteiger partial charge in [0.1, 0.15) is 0 Å². The first kappa shape index (κ1) is 29.9. The summed E-state index contributed by atoms with van der Waals surface area (Å²) in [5, 5.41) is 34.6. The number of nitriles is 1. The van der Waals surface area contributed by atoms with Crippen molar-refractivity contribution in [2.45, 2.75) is 63.6 Å². The molecule has 0 bridgehead atoms. The first-order valence-electron chi connectivity index (χ1n) is 14.9. The number of aliphatic hydroxyl groups is 1. The number of carboxylic acid groups (broad SMARTS) is 1. The van der Waals surface area contributed by atoms with E-state index in [-0.39, 0.29) is 30.1 Å². The summed E-state index contributed by atoms with van der Waals surface area (Å²) < 4.78 is 2.56. The van der Waals surface area contributed by atoms with Gasteiger partial charge in [0.25, 0.3) is 12.0 Å². The van der Waals surface area contributed by atoms with Gasteiger partial charge in [0.05, 0.1) is 41.2 Å². The zero-order chi connectivity index (χ0) is 31.2. The molecule has 10 nitrogen and oxygen atoms in total. The second kappa shape index (κ2) is 11.8. The Morgan fingerprint density at radius 2 is 2.00 bits per heavy atom. The van der Waals surface area contributed by atoms with E-state index in [9.17, 15) is 15.2 Å². The van der Waals surface area contributed by atoms with E-state index in [1.54, 1.807) is 23.6 Å². The Morgan fingerprint density at radius 1 is 1.20 bits per heavy atom. The highest BCUT2D eigenvalue weighted by atomic mass is 32.1. The van der Waals surface area contributed by atoms with E-state index < -0.39 is 0 Å². The van der Waals surface area contributed by atoms with Gasteiger partial charge in [-0.3, -0.25) is 14.6 Å². The van der Waals surface area contributed by atoms with Crippen LogP contribution in [0.4, 0.5) is 5.69 Å². The molecule has 1 aromatic carbocycles. The third kappa shape index (κ3) is 5.61. The van der Waals surface area contributed by atoms with Crippen molar-refractivity contribution in [2.24, 2.45) is 5.92 Å². The molecule has 4 aromatic rings. The lowest BCUT2D eigenvalue weighted by Crippen LogP contribution is -2.41. The van der Waals surface area contributed by atoms with Crippen LogP contribution in [-0.2, 0) is 16.8 Å². The van der Waals surface area contributed by atoms with Crippen LogP contribution in [0.25, 0.3) is 21.3 Å². The van der Waals surface area contributed by atoms with E-state index in [2.05, 4.69) is 65.3 Å². The first-order valence-corrected chi connectivity index (χ1v) is 15.7. The van der Waals surface area contributed by atoms with Gasteiger partial charge in [0, 0.05) is 59.1 Å². The predicted octanol–water partition coefficient (Wildman–Crippen LogP) is 4.08. The maximum atomic E-state index is 12.9. The maximum Gasteiger partial charge on any atom is 0.290 e. The fraction of sp³-hybridized carbons (Fsp3) is 0.424. The number of fused-ring (bicyclic) bond motifs is 4. The fourth-order valence-electron chi connectivity index (χ4n) is 6.60. The Labute approximate surface area is 259 Å². The van der Waals surface area contributed by atoms with Gasteiger partial charge in [-0.1, -0.05) is 20.8 Å². The molecule has 1 aliphatic carbocycles. The summed E-state index contributed by atoms with van der Waals surface area (Å²) in [5.74, 6) is 1.13. The normalized spacial score (nSPS) is 22.0. The lowest BCUT2D eigenvalue weighted by atomic mass is 9.89. The average molecular weight is 613 g/mol. The van der Waals surface area contributed by atoms with Crippen molar-refractivity contribution in [3.8, 4) is 17.2 Å². The molecule has 0 amide bonds. The van der Waals surface area contributed by atoms with Gasteiger partial charge >= 0.3 is 0 Å². The molecule has 228 valence electrons. The van der Waals surface area contributed by atoms with Crippen molar-refractivity contribution in [3.63, 3.8) is 0 Å². The van der Waals surface area contributed by atoms with E-state index >= 15 is 0 Å². The molecule has 5 heterocycles. The van der Waals surface area contributed by atoms with Gasteiger partial charge in [-0.15, -0.1) is 11.3 Å². The number of nitrogens with one attached hydrogen (secondary N) is 1. The van der Waals surface area contributed by atoms with Crippen LogP contribution in [0.1, 0.15) is 61.1 Å². The molecule has 3 aromatic heterocycles. The standard InChI is InChI=1S/C32H34N6O2S.CH2O2/c1-32(2,3)20-9-29(40)38(36-13-20)16-23-11-28-31(41-23)24(4-5-34-28)26-6-18(12-33)7-27-25-8-19(25)15-37(30(26)27)22-10-21(17-39)35-14-22;2-1-3/h4-7,9,11,13,19,21-22,25,35,39H,8,10,14-17H2,1-3H3;1H,(H,2,3)/t19-,21-,22-,25-;/m1./s1. The van der Waals surface area contributed by atoms with Gasteiger partial charge in [-0.05, 0) is 65.5 Å². The maximum absolute atomic E-state index is 12.9. The second-order valence-electron chi connectivity index (χ2n) is 12.9. The Morgan fingerprint density at radius 3 is 2.68 bits per heavy atom.